The molecule has 0 aliphatic carbocycles. The molecule has 0 radical (unpaired) electrons. The van der Waals surface area contributed by atoms with Gasteiger partial charge in [0.1, 0.15) is 3.70 Å². The van der Waals surface area contributed by atoms with Crippen molar-refractivity contribution >= 4 is 44.3 Å². The van der Waals surface area contributed by atoms with Gasteiger partial charge in [-0.3, -0.25) is 4.72 Å². The van der Waals surface area contributed by atoms with Crippen molar-refractivity contribution in [2.75, 3.05) is 24.6 Å². The molecular weight excluding hydrogens is 405 g/mol. The van der Waals surface area contributed by atoms with E-state index in [4.69, 9.17) is 5.73 Å². The lowest BCUT2D eigenvalue weighted by atomic mass is 10.1. The van der Waals surface area contributed by atoms with E-state index >= 15 is 0 Å². The molecule has 2 rings (SSSR count). The van der Waals surface area contributed by atoms with Gasteiger partial charge < -0.3 is 5.73 Å². The van der Waals surface area contributed by atoms with Crippen LogP contribution in [0.25, 0.3) is 11.3 Å². The van der Waals surface area contributed by atoms with Crippen LogP contribution in [0, 0.1) is 3.70 Å². The molecule has 1 aromatic heterocycles. The molecule has 1 aromatic carbocycles. The number of nitrogen functional groups attached to an aromatic ring is 1. The Morgan fingerprint density at radius 3 is 2.67 bits per heavy atom. The quantitative estimate of drug-likeness (QED) is 0.733. The van der Waals surface area contributed by atoms with Gasteiger partial charge >= 0.3 is 10.2 Å². The standard InChI is InChI=1S/C12H14IN5O2S/c1-18(2)21(19,20)17-9-5-3-4-8(6-9)10-7-15-12(14)11(13)16-10/h3-7,17H,1-2H3,(H2,14,15). The zero-order chi connectivity index (χ0) is 15.6. The number of rotatable bonds is 4. The van der Waals surface area contributed by atoms with Crippen LogP contribution in [-0.2, 0) is 10.2 Å². The molecule has 3 N–H and O–H groups in total. The van der Waals surface area contributed by atoms with Gasteiger partial charge in [-0.25, -0.2) is 9.97 Å². The maximum absolute atomic E-state index is 11.8. The number of halogens is 1. The molecule has 112 valence electrons. The van der Waals surface area contributed by atoms with Crippen molar-refractivity contribution < 1.29 is 8.42 Å². The fourth-order valence-electron chi connectivity index (χ4n) is 1.50. The smallest absolute Gasteiger partial charge is 0.301 e. The summed E-state index contributed by atoms with van der Waals surface area (Å²) in [5, 5.41) is 0. The summed E-state index contributed by atoms with van der Waals surface area (Å²) in [5.74, 6) is 0.365. The molecule has 2 aromatic rings. The summed E-state index contributed by atoms with van der Waals surface area (Å²) in [4.78, 5) is 8.38. The Balaban J connectivity index is 2.36. The van der Waals surface area contributed by atoms with Gasteiger partial charge in [-0.15, -0.1) is 0 Å². The summed E-state index contributed by atoms with van der Waals surface area (Å²) in [7, 11) is -0.623. The highest BCUT2D eigenvalue weighted by Gasteiger charge is 2.13. The molecule has 0 saturated carbocycles. The Kier molecular flexibility index (Phi) is 4.64. The summed E-state index contributed by atoms with van der Waals surface area (Å²) < 4.78 is 27.8. The van der Waals surface area contributed by atoms with E-state index < -0.39 is 10.2 Å². The van der Waals surface area contributed by atoms with Crippen LogP contribution >= 0.6 is 22.6 Å². The van der Waals surface area contributed by atoms with E-state index in [0.717, 1.165) is 9.87 Å². The summed E-state index contributed by atoms with van der Waals surface area (Å²) in [6.07, 6.45) is 1.55. The summed E-state index contributed by atoms with van der Waals surface area (Å²) in [5.41, 5.74) is 7.46. The van der Waals surface area contributed by atoms with Crippen LogP contribution in [0.5, 0.6) is 0 Å². The number of aromatic nitrogens is 2. The van der Waals surface area contributed by atoms with Gasteiger partial charge in [0.15, 0.2) is 5.82 Å². The molecule has 7 nitrogen and oxygen atoms in total. The average Bonchev–Trinajstić information content (AvgIpc) is 2.41. The highest BCUT2D eigenvalue weighted by molar-refractivity contribution is 14.1. The van der Waals surface area contributed by atoms with E-state index in [9.17, 15) is 8.42 Å². The molecule has 0 bridgehead atoms. The Morgan fingerprint density at radius 1 is 1.33 bits per heavy atom. The topological polar surface area (TPSA) is 101 Å². The van der Waals surface area contributed by atoms with Gasteiger partial charge in [-0.2, -0.15) is 12.7 Å². The minimum atomic E-state index is -3.54. The number of hydrogen-bond donors (Lipinski definition) is 2. The third kappa shape index (κ3) is 3.80. The molecule has 0 saturated heterocycles. The van der Waals surface area contributed by atoms with Gasteiger partial charge in [0, 0.05) is 19.7 Å². The van der Waals surface area contributed by atoms with Gasteiger partial charge in [-0.1, -0.05) is 12.1 Å². The van der Waals surface area contributed by atoms with Crippen molar-refractivity contribution in [1.29, 1.82) is 0 Å². The minimum absolute atomic E-state index is 0.365. The number of nitrogens with zero attached hydrogens (tertiary/aromatic N) is 3. The predicted molar refractivity (Wildman–Crippen MR) is 90.8 cm³/mol. The molecule has 0 fully saturated rings. The maximum Gasteiger partial charge on any atom is 0.301 e. The fraction of sp³-hybridized carbons (Fsp3) is 0.167. The zero-order valence-electron chi connectivity index (χ0n) is 11.4. The van der Waals surface area contributed by atoms with Crippen LogP contribution in [0.2, 0.25) is 0 Å². The second-order valence-electron chi connectivity index (χ2n) is 4.40. The summed E-state index contributed by atoms with van der Waals surface area (Å²) in [6, 6.07) is 6.93. The van der Waals surface area contributed by atoms with Gasteiger partial charge in [0.25, 0.3) is 0 Å². The van der Waals surface area contributed by atoms with E-state index in [1.54, 1.807) is 24.4 Å². The first-order valence-corrected chi connectivity index (χ1v) is 8.40. The molecule has 0 aliphatic rings. The van der Waals surface area contributed by atoms with E-state index in [1.165, 1.54) is 14.1 Å². The van der Waals surface area contributed by atoms with Crippen molar-refractivity contribution in [2.24, 2.45) is 0 Å². The number of hydrogen-bond acceptors (Lipinski definition) is 5. The van der Waals surface area contributed by atoms with Crippen molar-refractivity contribution in [3.05, 3.63) is 34.2 Å². The fourth-order valence-corrected chi connectivity index (χ4v) is 2.50. The lowest BCUT2D eigenvalue weighted by molar-refractivity contribution is 0.527. The first kappa shape index (κ1) is 15.9. The Bertz CT molecular complexity index is 764. The summed E-state index contributed by atoms with van der Waals surface area (Å²) >= 11 is 2.00. The minimum Gasteiger partial charge on any atom is -0.382 e. The van der Waals surface area contributed by atoms with Crippen molar-refractivity contribution in [3.8, 4) is 11.3 Å². The molecule has 21 heavy (non-hydrogen) atoms. The first-order valence-electron chi connectivity index (χ1n) is 5.88. The monoisotopic (exact) mass is 419 g/mol. The molecule has 0 aliphatic heterocycles. The normalized spacial score (nSPS) is 11.6. The lowest BCUT2D eigenvalue weighted by Crippen LogP contribution is -2.28. The van der Waals surface area contributed by atoms with Crippen molar-refractivity contribution in [3.63, 3.8) is 0 Å². The molecule has 0 atom stereocenters. The van der Waals surface area contributed by atoms with Crippen LogP contribution in [-0.4, -0.2) is 36.8 Å². The second-order valence-corrected chi connectivity index (χ2v) is 7.31. The third-order valence-corrected chi connectivity index (χ3v) is 4.89. The van der Waals surface area contributed by atoms with Crippen molar-refractivity contribution in [2.45, 2.75) is 0 Å². The van der Waals surface area contributed by atoms with Gasteiger partial charge in [-0.05, 0) is 34.7 Å². The SMILES string of the molecule is CN(C)S(=O)(=O)Nc1cccc(-c2cnc(N)c(I)n2)c1. The Hall–Kier alpha value is -1.46. The number of anilines is 2. The van der Waals surface area contributed by atoms with E-state index in [-0.39, 0.29) is 0 Å². The number of nitrogens with two attached hydrogens (primary N) is 1. The van der Waals surface area contributed by atoms with Gasteiger partial charge in [0.05, 0.1) is 17.6 Å². The van der Waals surface area contributed by atoms with Crippen LogP contribution < -0.4 is 10.5 Å². The first-order chi connectivity index (χ1) is 9.79. The highest BCUT2D eigenvalue weighted by Crippen LogP contribution is 2.23. The third-order valence-electron chi connectivity index (χ3n) is 2.64. The van der Waals surface area contributed by atoms with Crippen LogP contribution in [0.3, 0.4) is 0 Å². The molecule has 1 heterocycles. The number of nitrogens with one attached hydrogen (secondary N) is 1. The molecular formula is C12H14IN5O2S. The molecule has 0 unspecified atom stereocenters. The average molecular weight is 419 g/mol. The summed E-state index contributed by atoms with van der Waals surface area (Å²) in [6.45, 7) is 0. The molecule has 0 amide bonds. The van der Waals surface area contributed by atoms with E-state index in [1.807, 2.05) is 28.7 Å². The Morgan fingerprint density at radius 2 is 2.05 bits per heavy atom. The van der Waals surface area contributed by atoms with Crippen LogP contribution in [0.15, 0.2) is 30.5 Å². The predicted octanol–water partition coefficient (Wildman–Crippen LogP) is 1.55. The Labute approximate surface area is 136 Å². The van der Waals surface area contributed by atoms with E-state index in [2.05, 4.69) is 14.7 Å². The van der Waals surface area contributed by atoms with Crippen LogP contribution in [0.1, 0.15) is 0 Å². The highest BCUT2D eigenvalue weighted by atomic mass is 127. The van der Waals surface area contributed by atoms with Crippen LogP contribution in [0.4, 0.5) is 11.5 Å². The number of benzene rings is 1. The van der Waals surface area contributed by atoms with Crippen molar-refractivity contribution in [1.82, 2.24) is 14.3 Å². The largest absolute Gasteiger partial charge is 0.382 e. The lowest BCUT2D eigenvalue weighted by Gasteiger charge is -2.14. The second kappa shape index (κ2) is 6.12. The van der Waals surface area contributed by atoms with Gasteiger partial charge in [0.2, 0.25) is 0 Å². The zero-order valence-corrected chi connectivity index (χ0v) is 14.4. The molecule has 9 heteroatoms. The maximum atomic E-state index is 11.8. The molecule has 0 spiro atoms. The van der Waals surface area contributed by atoms with E-state index in [0.29, 0.717) is 20.9 Å².